The summed E-state index contributed by atoms with van der Waals surface area (Å²) < 4.78 is 26.3. The summed E-state index contributed by atoms with van der Waals surface area (Å²) >= 11 is 0. The lowest BCUT2D eigenvalue weighted by Crippen LogP contribution is -2.29. The van der Waals surface area contributed by atoms with Crippen LogP contribution in [0.15, 0.2) is 42.5 Å². The number of hydrogen-bond acceptors (Lipinski definition) is 2. The summed E-state index contributed by atoms with van der Waals surface area (Å²) in [6.07, 6.45) is 0. The van der Waals surface area contributed by atoms with E-state index in [-0.39, 0.29) is 5.91 Å². The highest BCUT2D eigenvalue weighted by Crippen LogP contribution is 2.22. The summed E-state index contributed by atoms with van der Waals surface area (Å²) in [5.74, 6) is -2.12. The van der Waals surface area contributed by atoms with Gasteiger partial charge >= 0.3 is 0 Å². The van der Waals surface area contributed by atoms with Crippen LogP contribution in [0.5, 0.6) is 0 Å². The third-order valence-electron chi connectivity index (χ3n) is 3.59. The van der Waals surface area contributed by atoms with Crippen molar-refractivity contribution < 1.29 is 13.6 Å². The van der Waals surface area contributed by atoms with E-state index < -0.39 is 17.7 Å². The Labute approximate surface area is 127 Å². The standard InChI is InChI=1S/C17H14F2N2O/c1-11(14-7-8-15(18)16(19)9-14)21(2)17(22)13-5-3-12(10-20)4-6-13/h3-9,11H,1-2H3/t11-/m1/s1. The van der Waals surface area contributed by atoms with E-state index in [2.05, 4.69) is 0 Å². The van der Waals surface area contributed by atoms with Crippen molar-refractivity contribution in [2.75, 3.05) is 7.05 Å². The molecule has 0 fully saturated rings. The first-order valence-electron chi connectivity index (χ1n) is 6.66. The molecule has 0 spiro atoms. The van der Waals surface area contributed by atoms with Crippen molar-refractivity contribution in [1.29, 1.82) is 5.26 Å². The molecule has 1 atom stereocenters. The molecule has 0 bridgehead atoms. The van der Waals surface area contributed by atoms with Gasteiger partial charge in [0.15, 0.2) is 11.6 Å². The Morgan fingerprint density at radius 3 is 2.32 bits per heavy atom. The van der Waals surface area contributed by atoms with Gasteiger partial charge in [-0.1, -0.05) is 6.07 Å². The molecule has 2 rings (SSSR count). The molecule has 0 saturated carbocycles. The summed E-state index contributed by atoms with van der Waals surface area (Å²) in [5.41, 5.74) is 1.40. The number of nitrogens with zero attached hydrogens (tertiary/aromatic N) is 2. The number of amides is 1. The number of benzene rings is 2. The van der Waals surface area contributed by atoms with Gasteiger partial charge in [0, 0.05) is 12.6 Å². The van der Waals surface area contributed by atoms with Crippen molar-refractivity contribution in [3.63, 3.8) is 0 Å². The second-order valence-electron chi connectivity index (χ2n) is 4.95. The number of rotatable bonds is 3. The molecule has 2 aromatic carbocycles. The van der Waals surface area contributed by atoms with Crippen LogP contribution in [0, 0.1) is 23.0 Å². The Morgan fingerprint density at radius 1 is 1.14 bits per heavy atom. The normalized spacial score (nSPS) is 11.6. The van der Waals surface area contributed by atoms with Gasteiger partial charge in [0.2, 0.25) is 0 Å². The maximum Gasteiger partial charge on any atom is 0.254 e. The molecule has 0 aliphatic heterocycles. The Morgan fingerprint density at radius 2 is 1.77 bits per heavy atom. The maximum atomic E-state index is 13.3. The van der Waals surface area contributed by atoms with Crippen molar-refractivity contribution in [3.8, 4) is 6.07 Å². The first kappa shape index (κ1) is 15.6. The molecule has 1 amide bonds. The minimum absolute atomic E-state index is 0.262. The average Bonchev–Trinajstić information content (AvgIpc) is 2.55. The van der Waals surface area contributed by atoms with Crippen molar-refractivity contribution in [1.82, 2.24) is 4.90 Å². The predicted molar refractivity (Wildman–Crippen MR) is 78.0 cm³/mol. The molecule has 22 heavy (non-hydrogen) atoms. The number of hydrogen-bond donors (Lipinski definition) is 0. The Balaban J connectivity index is 2.21. The molecule has 3 nitrogen and oxygen atoms in total. The molecule has 0 unspecified atom stereocenters. The second-order valence-corrected chi connectivity index (χ2v) is 4.95. The Hall–Kier alpha value is -2.74. The summed E-state index contributed by atoms with van der Waals surface area (Å²) in [4.78, 5) is 13.8. The van der Waals surface area contributed by atoms with Gasteiger partial charge in [0.1, 0.15) is 0 Å². The molecule has 0 saturated heterocycles. The zero-order valence-corrected chi connectivity index (χ0v) is 12.2. The average molecular weight is 300 g/mol. The van der Waals surface area contributed by atoms with Gasteiger partial charge in [-0.3, -0.25) is 4.79 Å². The zero-order valence-electron chi connectivity index (χ0n) is 12.2. The van der Waals surface area contributed by atoms with Crippen LogP contribution in [-0.2, 0) is 0 Å². The van der Waals surface area contributed by atoms with E-state index in [4.69, 9.17) is 5.26 Å². The van der Waals surface area contributed by atoms with Crippen LogP contribution in [0.4, 0.5) is 8.78 Å². The first-order chi connectivity index (χ1) is 10.4. The monoisotopic (exact) mass is 300 g/mol. The first-order valence-corrected chi connectivity index (χ1v) is 6.66. The van der Waals surface area contributed by atoms with E-state index in [0.29, 0.717) is 16.7 Å². The van der Waals surface area contributed by atoms with Crippen molar-refractivity contribution in [2.45, 2.75) is 13.0 Å². The number of nitriles is 1. The van der Waals surface area contributed by atoms with Gasteiger partial charge in [-0.15, -0.1) is 0 Å². The van der Waals surface area contributed by atoms with E-state index in [9.17, 15) is 13.6 Å². The van der Waals surface area contributed by atoms with Crippen molar-refractivity contribution >= 4 is 5.91 Å². The summed E-state index contributed by atoms with van der Waals surface area (Å²) in [5, 5.41) is 8.75. The zero-order chi connectivity index (χ0) is 16.3. The topological polar surface area (TPSA) is 44.1 Å². The van der Waals surface area contributed by atoms with Crippen molar-refractivity contribution in [3.05, 3.63) is 70.8 Å². The summed E-state index contributed by atoms with van der Waals surface area (Å²) in [7, 11) is 1.59. The molecule has 0 aromatic heterocycles. The summed E-state index contributed by atoms with van der Waals surface area (Å²) in [6.45, 7) is 1.73. The van der Waals surface area contributed by atoms with Gasteiger partial charge in [-0.05, 0) is 48.9 Å². The van der Waals surface area contributed by atoms with Gasteiger partial charge in [0.05, 0.1) is 17.7 Å². The van der Waals surface area contributed by atoms with Crippen LogP contribution in [-0.4, -0.2) is 17.9 Å². The van der Waals surface area contributed by atoms with E-state index in [1.54, 1.807) is 38.2 Å². The van der Waals surface area contributed by atoms with Gasteiger partial charge in [-0.25, -0.2) is 8.78 Å². The van der Waals surface area contributed by atoms with Crippen LogP contribution in [0.3, 0.4) is 0 Å². The number of carbonyl (C=O) groups excluding carboxylic acids is 1. The predicted octanol–water partition coefficient (Wildman–Crippen LogP) is 3.67. The van der Waals surface area contributed by atoms with Gasteiger partial charge in [0.25, 0.3) is 5.91 Å². The smallest absolute Gasteiger partial charge is 0.254 e. The maximum absolute atomic E-state index is 13.3. The van der Waals surface area contributed by atoms with E-state index in [0.717, 1.165) is 12.1 Å². The highest BCUT2D eigenvalue weighted by molar-refractivity contribution is 5.94. The largest absolute Gasteiger partial charge is 0.335 e. The van der Waals surface area contributed by atoms with Crippen LogP contribution in [0.2, 0.25) is 0 Å². The van der Waals surface area contributed by atoms with Crippen LogP contribution in [0.1, 0.15) is 34.5 Å². The minimum Gasteiger partial charge on any atom is -0.335 e. The third-order valence-corrected chi connectivity index (χ3v) is 3.59. The third kappa shape index (κ3) is 3.12. The SMILES string of the molecule is C[C@H](c1ccc(F)c(F)c1)N(C)C(=O)c1ccc(C#N)cc1. The Kier molecular flexibility index (Phi) is 4.52. The summed E-state index contributed by atoms with van der Waals surface area (Å²) in [6, 6.07) is 11.4. The molecular weight excluding hydrogens is 286 g/mol. The molecule has 5 heteroatoms. The molecule has 2 aromatic rings. The van der Waals surface area contributed by atoms with Crippen LogP contribution in [0.25, 0.3) is 0 Å². The van der Waals surface area contributed by atoms with Crippen molar-refractivity contribution in [2.24, 2.45) is 0 Å². The molecule has 0 aliphatic rings. The molecule has 0 aliphatic carbocycles. The Bertz CT molecular complexity index is 735. The lowest BCUT2D eigenvalue weighted by Gasteiger charge is -2.25. The number of carbonyl (C=O) groups is 1. The highest BCUT2D eigenvalue weighted by Gasteiger charge is 2.20. The molecular formula is C17H14F2N2O. The fourth-order valence-corrected chi connectivity index (χ4v) is 2.06. The molecule has 112 valence electrons. The fraction of sp³-hybridized carbons (Fsp3) is 0.176. The van der Waals surface area contributed by atoms with Crippen LogP contribution < -0.4 is 0 Å². The second kappa shape index (κ2) is 6.35. The minimum atomic E-state index is -0.941. The number of halogens is 2. The van der Waals surface area contributed by atoms with Gasteiger partial charge in [-0.2, -0.15) is 5.26 Å². The molecule has 0 N–H and O–H groups in total. The fourth-order valence-electron chi connectivity index (χ4n) is 2.06. The molecule has 0 heterocycles. The van der Waals surface area contributed by atoms with Crippen LogP contribution >= 0.6 is 0 Å². The lowest BCUT2D eigenvalue weighted by atomic mass is 10.1. The highest BCUT2D eigenvalue weighted by atomic mass is 19.2. The van der Waals surface area contributed by atoms with E-state index in [1.165, 1.54) is 11.0 Å². The van der Waals surface area contributed by atoms with E-state index >= 15 is 0 Å². The quantitative estimate of drug-likeness (QED) is 0.868. The lowest BCUT2D eigenvalue weighted by molar-refractivity contribution is 0.0742. The van der Waals surface area contributed by atoms with Gasteiger partial charge < -0.3 is 4.90 Å². The molecule has 0 radical (unpaired) electrons. The van der Waals surface area contributed by atoms with E-state index in [1.807, 2.05) is 6.07 Å².